The van der Waals surface area contributed by atoms with Crippen LogP contribution in [0.2, 0.25) is 0 Å². The molecule has 0 unspecified atom stereocenters. The van der Waals surface area contributed by atoms with Crippen molar-refractivity contribution in [2.45, 2.75) is 44.2 Å². The summed E-state index contributed by atoms with van der Waals surface area (Å²) in [5.74, 6) is 0.607. The normalized spacial score (nSPS) is 18.7. The molecule has 1 amide bonds. The summed E-state index contributed by atoms with van der Waals surface area (Å²) in [6.07, 6.45) is 9.21. The van der Waals surface area contributed by atoms with Crippen LogP contribution in [0, 0.1) is 0 Å². The number of carbonyl (C=O) groups is 1. The first-order valence-corrected chi connectivity index (χ1v) is 11.0. The monoisotopic (exact) mass is 410 g/mol. The Morgan fingerprint density at radius 2 is 1.74 bits per heavy atom. The number of nitrogens with zero attached hydrogens (tertiary/aromatic N) is 2. The van der Waals surface area contributed by atoms with E-state index in [0.29, 0.717) is 18.0 Å². The van der Waals surface area contributed by atoms with Crippen molar-refractivity contribution in [3.8, 4) is 0 Å². The summed E-state index contributed by atoms with van der Waals surface area (Å²) >= 11 is 0. The number of furan rings is 1. The van der Waals surface area contributed by atoms with Crippen LogP contribution in [-0.2, 0) is 6.54 Å². The molecule has 2 aromatic heterocycles. The summed E-state index contributed by atoms with van der Waals surface area (Å²) in [5, 5.41) is 1.10. The van der Waals surface area contributed by atoms with Crippen LogP contribution in [0.15, 0.2) is 89.9 Å². The van der Waals surface area contributed by atoms with Crippen molar-refractivity contribution in [1.82, 2.24) is 9.88 Å². The van der Waals surface area contributed by atoms with Crippen molar-refractivity contribution < 1.29 is 9.21 Å². The summed E-state index contributed by atoms with van der Waals surface area (Å²) in [5.41, 5.74) is 4.05. The van der Waals surface area contributed by atoms with Gasteiger partial charge in [-0.25, -0.2) is 0 Å². The van der Waals surface area contributed by atoms with Gasteiger partial charge in [0, 0.05) is 24.2 Å². The minimum absolute atomic E-state index is 0.0325. The van der Waals surface area contributed by atoms with Crippen LogP contribution in [0.25, 0.3) is 10.9 Å². The Morgan fingerprint density at radius 3 is 2.52 bits per heavy atom. The number of pyridine rings is 1. The molecule has 1 aliphatic carbocycles. The molecule has 4 nitrogen and oxygen atoms in total. The molecule has 0 saturated heterocycles. The third-order valence-corrected chi connectivity index (χ3v) is 6.44. The van der Waals surface area contributed by atoms with Gasteiger partial charge in [-0.05, 0) is 60.9 Å². The first-order valence-electron chi connectivity index (χ1n) is 11.0. The quantitative estimate of drug-likeness (QED) is 0.394. The second-order valence-electron chi connectivity index (χ2n) is 8.40. The maximum atomic E-state index is 13.4. The summed E-state index contributed by atoms with van der Waals surface area (Å²) in [7, 11) is 0. The number of benzene rings is 2. The van der Waals surface area contributed by atoms with Gasteiger partial charge < -0.3 is 9.32 Å². The highest BCUT2D eigenvalue weighted by atomic mass is 16.3. The van der Waals surface area contributed by atoms with Gasteiger partial charge in [0.2, 0.25) is 0 Å². The fraction of sp³-hybridized carbons (Fsp3) is 0.259. The summed E-state index contributed by atoms with van der Waals surface area (Å²) in [6.45, 7) is 0.558. The Kier molecular flexibility index (Phi) is 5.53. The first kappa shape index (κ1) is 19.6. The molecule has 0 spiro atoms. The standard InChI is InChI=1S/C27H26N2O2/c30-27(24-14-15-31-19-24)29(18-20-16-23-8-4-5-9-26(23)28-17-20)25-12-10-22(11-13-25)21-6-2-1-3-7-21/h1-9,14-17,19,22,25H,10-13,18H2. The highest BCUT2D eigenvalue weighted by molar-refractivity contribution is 5.94. The van der Waals surface area contributed by atoms with Crippen molar-refractivity contribution in [3.05, 3.63) is 102 Å². The smallest absolute Gasteiger partial charge is 0.257 e. The van der Waals surface area contributed by atoms with Gasteiger partial charge in [-0.3, -0.25) is 9.78 Å². The van der Waals surface area contributed by atoms with E-state index in [9.17, 15) is 4.79 Å². The van der Waals surface area contributed by atoms with E-state index in [-0.39, 0.29) is 11.9 Å². The Bertz CT molecular complexity index is 1150. The fourth-order valence-electron chi connectivity index (χ4n) is 4.76. The molecule has 0 radical (unpaired) electrons. The van der Waals surface area contributed by atoms with Crippen LogP contribution >= 0.6 is 0 Å². The van der Waals surface area contributed by atoms with Crippen LogP contribution in [0.1, 0.15) is 53.1 Å². The SMILES string of the molecule is O=C(c1ccoc1)N(Cc1cnc2ccccc2c1)C1CCC(c2ccccc2)CC1. The van der Waals surface area contributed by atoms with Crippen molar-refractivity contribution in [3.63, 3.8) is 0 Å². The van der Waals surface area contributed by atoms with Crippen molar-refractivity contribution >= 4 is 16.8 Å². The van der Waals surface area contributed by atoms with E-state index in [4.69, 9.17) is 4.42 Å². The van der Waals surface area contributed by atoms with Gasteiger partial charge >= 0.3 is 0 Å². The zero-order valence-corrected chi connectivity index (χ0v) is 17.5. The van der Waals surface area contributed by atoms with E-state index >= 15 is 0 Å². The van der Waals surface area contributed by atoms with Crippen molar-refractivity contribution in [2.75, 3.05) is 0 Å². The predicted octanol–water partition coefficient (Wildman–Crippen LogP) is 6.20. The number of fused-ring (bicyclic) bond motifs is 1. The number of amides is 1. The Balaban J connectivity index is 1.37. The molecule has 1 saturated carbocycles. The van der Waals surface area contributed by atoms with Crippen LogP contribution < -0.4 is 0 Å². The molecule has 0 aliphatic heterocycles. The number of para-hydroxylation sites is 1. The molecular weight excluding hydrogens is 384 g/mol. The molecule has 4 aromatic rings. The zero-order chi connectivity index (χ0) is 21.0. The first-order chi connectivity index (χ1) is 15.3. The van der Waals surface area contributed by atoms with Gasteiger partial charge in [0.25, 0.3) is 5.91 Å². The lowest BCUT2D eigenvalue weighted by atomic mass is 9.81. The second kappa shape index (κ2) is 8.76. The number of carbonyl (C=O) groups excluding carboxylic acids is 1. The van der Waals surface area contributed by atoms with E-state index in [1.807, 2.05) is 29.3 Å². The minimum Gasteiger partial charge on any atom is -0.472 e. The van der Waals surface area contributed by atoms with Gasteiger partial charge in [0.05, 0.1) is 17.3 Å². The molecular formula is C27H26N2O2. The Labute approximate surface area is 182 Å². The fourth-order valence-corrected chi connectivity index (χ4v) is 4.76. The van der Waals surface area contributed by atoms with E-state index in [0.717, 1.165) is 42.1 Å². The maximum absolute atomic E-state index is 13.4. The lowest BCUT2D eigenvalue weighted by Gasteiger charge is -2.37. The topological polar surface area (TPSA) is 46.3 Å². The molecule has 2 aromatic carbocycles. The van der Waals surface area contributed by atoms with Gasteiger partial charge in [-0.1, -0.05) is 48.5 Å². The second-order valence-corrected chi connectivity index (χ2v) is 8.40. The predicted molar refractivity (Wildman–Crippen MR) is 122 cm³/mol. The van der Waals surface area contributed by atoms with Gasteiger partial charge in [-0.15, -0.1) is 0 Å². The Morgan fingerprint density at radius 1 is 0.968 bits per heavy atom. The van der Waals surface area contributed by atoms with E-state index in [1.165, 1.54) is 5.56 Å². The minimum atomic E-state index is 0.0325. The average molecular weight is 411 g/mol. The van der Waals surface area contributed by atoms with Gasteiger partial charge in [0.1, 0.15) is 6.26 Å². The van der Waals surface area contributed by atoms with Crippen LogP contribution in [0.3, 0.4) is 0 Å². The molecule has 2 heterocycles. The molecule has 156 valence electrons. The lowest BCUT2D eigenvalue weighted by Crippen LogP contribution is -2.41. The van der Waals surface area contributed by atoms with Crippen LogP contribution in [0.5, 0.6) is 0 Å². The third-order valence-electron chi connectivity index (χ3n) is 6.44. The molecule has 0 N–H and O–H groups in total. The molecule has 5 rings (SSSR count). The highest BCUT2D eigenvalue weighted by Gasteiger charge is 2.30. The Hall–Kier alpha value is -3.40. The number of hydrogen-bond donors (Lipinski definition) is 0. The van der Waals surface area contributed by atoms with E-state index < -0.39 is 0 Å². The summed E-state index contributed by atoms with van der Waals surface area (Å²) in [6, 6.07) is 23.0. The number of aromatic nitrogens is 1. The largest absolute Gasteiger partial charge is 0.472 e. The number of hydrogen-bond acceptors (Lipinski definition) is 3. The van der Waals surface area contributed by atoms with Gasteiger partial charge in [0.15, 0.2) is 0 Å². The van der Waals surface area contributed by atoms with Crippen LogP contribution in [-0.4, -0.2) is 21.8 Å². The van der Waals surface area contributed by atoms with E-state index in [1.54, 1.807) is 18.6 Å². The molecule has 4 heteroatoms. The summed E-state index contributed by atoms with van der Waals surface area (Å²) in [4.78, 5) is 20.0. The molecule has 0 atom stereocenters. The molecule has 1 fully saturated rings. The number of rotatable bonds is 5. The van der Waals surface area contributed by atoms with Crippen molar-refractivity contribution in [1.29, 1.82) is 0 Å². The van der Waals surface area contributed by atoms with Gasteiger partial charge in [-0.2, -0.15) is 0 Å². The van der Waals surface area contributed by atoms with Crippen molar-refractivity contribution in [2.24, 2.45) is 0 Å². The summed E-state index contributed by atoms with van der Waals surface area (Å²) < 4.78 is 5.20. The van der Waals surface area contributed by atoms with Crippen LogP contribution in [0.4, 0.5) is 0 Å². The maximum Gasteiger partial charge on any atom is 0.257 e. The third kappa shape index (κ3) is 4.24. The molecule has 0 bridgehead atoms. The molecule has 1 aliphatic rings. The highest BCUT2D eigenvalue weighted by Crippen LogP contribution is 2.35. The van der Waals surface area contributed by atoms with E-state index in [2.05, 4.69) is 47.4 Å². The molecule has 31 heavy (non-hydrogen) atoms. The lowest BCUT2D eigenvalue weighted by molar-refractivity contribution is 0.0604. The zero-order valence-electron chi connectivity index (χ0n) is 17.5. The average Bonchev–Trinajstić information content (AvgIpc) is 3.38.